The molecule has 1 aromatic rings. The molecule has 1 amide bonds. The Hall–Kier alpha value is -1.51. The van der Waals surface area contributed by atoms with E-state index in [0.29, 0.717) is 23.9 Å². The third-order valence-electron chi connectivity index (χ3n) is 3.04. The Morgan fingerprint density at radius 3 is 3.10 bits per heavy atom. The van der Waals surface area contributed by atoms with Crippen molar-refractivity contribution in [1.82, 2.24) is 4.90 Å². The van der Waals surface area contributed by atoms with Crippen molar-refractivity contribution in [3.63, 3.8) is 0 Å². The standard InChI is InChI=1S/C15H16FNO2S/c1-11-10-17(6-8-20-11)15(19)13-9-12(3-2-7-18)4-5-14(13)16/h4-5,9,11,18H,6-8,10H2,1H3. The van der Waals surface area contributed by atoms with E-state index in [-0.39, 0.29) is 18.1 Å². The van der Waals surface area contributed by atoms with Gasteiger partial charge in [-0.15, -0.1) is 0 Å². The summed E-state index contributed by atoms with van der Waals surface area (Å²) in [6.07, 6.45) is 0. The second-order valence-electron chi connectivity index (χ2n) is 4.59. The molecule has 3 nitrogen and oxygen atoms in total. The van der Waals surface area contributed by atoms with Gasteiger partial charge >= 0.3 is 0 Å². The van der Waals surface area contributed by atoms with Crippen LogP contribution in [0.25, 0.3) is 0 Å². The highest BCUT2D eigenvalue weighted by molar-refractivity contribution is 7.99. The van der Waals surface area contributed by atoms with E-state index < -0.39 is 5.82 Å². The summed E-state index contributed by atoms with van der Waals surface area (Å²) in [5.41, 5.74) is 0.581. The molecule has 0 aliphatic carbocycles. The van der Waals surface area contributed by atoms with Crippen molar-refractivity contribution >= 4 is 17.7 Å². The van der Waals surface area contributed by atoms with Gasteiger partial charge in [0, 0.05) is 29.7 Å². The number of nitrogens with zero attached hydrogens (tertiary/aromatic N) is 1. The number of aliphatic hydroxyl groups excluding tert-OH is 1. The van der Waals surface area contributed by atoms with Crippen molar-refractivity contribution in [1.29, 1.82) is 0 Å². The van der Waals surface area contributed by atoms with Crippen LogP contribution in [-0.4, -0.2) is 46.6 Å². The van der Waals surface area contributed by atoms with Gasteiger partial charge < -0.3 is 10.0 Å². The molecule has 1 atom stereocenters. The van der Waals surface area contributed by atoms with Crippen LogP contribution in [0, 0.1) is 17.7 Å². The Bertz CT molecular complexity index is 565. The molecular formula is C15H16FNO2S. The predicted molar refractivity (Wildman–Crippen MR) is 78.2 cm³/mol. The highest BCUT2D eigenvalue weighted by Crippen LogP contribution is 2.21. The van der Waals surface area contributed by atoms with Crippen LogP contribution in [0.4, 0.5) is 4.39 Å². The molecule has 1 heterocycles. The van der Waals surface area contributed by atoms with E-state index in [1.165, 1.54) is 18.2 Å². The first kappa shape index (κ1) is 14.9. The topological polar surface area (TPSA) is 40.5 Å². The van der Waals surface area contributed by atoms with Crippen molar-refractivity contribution in [2.24, 2.45) is 0 Å². The molecule has 0 bridgehead atoms. The molecule has 1 fully saturated rings. The number of aliphatic hydroxyl groups is 1. The van der Waals surface area contributed by atoms with Crippen molar-refractivity contribution in [2.75, 3.05) is 25.4 Å². The van der Waals surface area contributed by atoms with Crippen molar-refractivity contribution in [3.8, 4) is 11.8 Å². The van der Waals surface area contributed by atoms with Gasteiger partial charge in [0.05, 0.1) is 5.56 Å². The van der Waals surface area contributed by atoms with Gasteiger partial charge in [0.15, 0.2) is 0 Å². The summed E-state index contributed by atoms with van der Waals surface area (Å²) in [5, 5.41) is 9.04. The zero-order chi connectivity index (χ0) is 14.5. The number of amides is 1. The summed E-state index contributed by atoms with van der Waals surface area (Å²) in [4.78, 5) is 14.1. The Morgan fingerprint density at radius 1 is 1.60 bits per heavy atom. The van der Waals surface area contributed by atoms with Crippen molar-refractivity contribution in [2.45, 2.75) is 12.2 Å². The lowest BCUT2D eigenvalue weighted by Crippen LogP contribution is -2.41. The van der Waals surface area contributed by atoms with Crippen LogP contribution in [0.5, 0.6) is 0 Å². The molecular weight excluding hydrogens is 277 g/mol. The zero-order valence-corrected chi connectivity index (χ0v) is 12.0. The lowest BCUT2D eigenvalue weighted by atomic mass is 10.1. The lowest BCUT2D eigenvalue weighted by molar-refractivity contribution is 0.0758. The molecule has 0 spiro atoms. The molecule has 106 valence electrons. The van der Waals surface area contributed by atoms with E-state index in [1.807, 2.05) is 11.8 Å². The van der Waals surface area contributed by atoms with Crippen LogP contribution in [0.2, 0.25) is 0 Å². The molecule has 1 N–H and O–H groups in total. The maximum absolute atomic E-state index is 13.8. The highest BCUT2D eigenvalue weighted by Gasteiger charge is 2.24. The van der Waals surface area contributed by atoms with E-state index in [9.17, 15) is 9.18 Å². The Kier molecular flexibility index (Phi) is 5.05. The fourth-order valence-electron chi connectivity index (χ4n) is 2.08. The van der Waals surface area contributed by atoms with Crippen LogP contribution < -0.4 is 0 Å². The number of benzene rings is 1. The summed E-state index contributed by atoms with van der Waals surface area (Å²) in [7, 11) is 0. The first-order valence-electron chi connectivity index (χ1n) is 6.42. The predicted octanol–water partition coefficient (Wildman–Crippen LogP) is 1.75. The second kappa shape index (κ2) is 6.78. The average Bonchev–Trinajstić information content (AvgIpc) is 2.45. The minimum atomic E-state index is -0.532. The number of carbonyl (C=O) groups is 1. The monoisotopic (exact) mass is 293 g/mol. The van der Waals surface area contributed by atoms with E-state index in [2.05, 4.69) is 18.8 Å². The summed E-state index contributed by atoms with van der Waals surface area (Å²) in [5.74, 6) is 5.23. The van der Waals surface area contributed by atoms with E-state index in [1.54, 1.807) is 4.90 Å². The number of thioether (sulfide) groups is 1. The summed E-state index contributed by atoms with van der Waals surface area (Å²) in [6.45, 7) is 3.07. The van der Waals surface area contributed by atoms with Gasteiger partial charge in [-0.1, -0.05) is 18.8 Å². The molecule has 2 rings (SSSR count). The molecule has 1 unspecified atom stereocenters. The molecule has 20 heavy (non-hydrogen) atoms. The molecule has 1 aliphatic heterocycles. The van der Waals surface area contributed by atoms with Gasteiger partial charge in [0.2, 0.25) is 0 Å². The van der Waals surface area contributed by atoms with E-state index >= 15 is 0 Å². The summed E-state index contributed by atoms with van der Waals surface area (Å²) in [6, 6.07) is 4.20. The van der Waals surface area contributed by atoms with E-state index in [4.69, 9.17) is 5.11 Å². The fourth-order valence-corrected chi connectivity index (χ4v) is 3.10. The van der Waals surface area contributed by atoms with Crippen LogP contribution in [0.3, 0.4) is 0 Å². The molecule has 0 saturated carbocycles. The normalized spacial score (nSPS) is 18.4. The van der Waals surface area contributed by atoms with Crippen LogP contribution in [0.15, 0.2) is 18.2 Å². The van der Waals surface area contributed by atoms with Gasteiger partial charge in [0.1, 0.15) is 12.4 Å². The molecule has 1 aromatic carbocycles. The SMILES string of the molecule is CC1CN(C(=O)c2cc(C#CCO)ccc2F)CCS1. The van der Waals surface area contributed by atoms with Crippen LogP contribution in [-0.2, 0) is 0 Å². The summed E-state index contributed by atoms with van der Waals surface area (Å²) >= 11 is 1.82. The second-order valence-corrected chi connectivity index (χ2v) is 6.13. The highest BCUT2D eigenvalue weighted by atomic mass is 32.2. The van der Waals surface area contributed by atoms with Gasteiger partial charge in [0.25, 0.3) is 5.91 Å². The van der Waals surface area contributed by atoms with Gasteiger partial charge in [-0.2, -0.15) is 11.8 Å². The molecule has 1 saturated heterocycles. The molecule has 0 radical (unpaired) electrons. The quantitative estimate of drug-likeness (QED) is 0.802. The number of hydrogen-bond acceptors (Lipinski definition) is 3. The minimum Gasteiger partial charge on any atom is -0.384 e. The number of halogens is 1. The third-order valence-corrected chi connectivity index (χ3v) is 4.17. The maximum atomic E-state index is 13.8. The Morgan fingerprint density at radius 2 is 2.40 bits per heavy atom. The first-order chi connectivity index (χ1) is 9.61. The Balaban J connectivity index is 2.24. The van der Waals surface area contributed by atoms with Gasteiger partial charge in [-0.05, 0) is 18.2 Å². The van der Waals surface area contributed by atoms with Gasteiger partial charge in [-0.25, -0.2) is 4.39 Å². The Labute approximate surface area is 122 Å². The van der Waals surface area contributed by atoms with Crippen molar-refractivity contribution in [3.05, 3.63) is 35.1 Å². The van der Waals surface area contributed by atoms with Crippen molar-refractivity contribution < 1.29 is 14.3 Å². The molecule has 0 aromatic heterocycles. The van der Waals surface area contributed by atoms with Crippen LogP contribution >= 0.6 is 11.8 Å². The number of carbonyl (C=O) groups excluding carboxylic acids is 1. The zero-order valence-electron chi connectivity index (χ0n) is 11.2. The van der Waals surface area contributed by atoms with Crippen LogP contribution in [0.1, 0.15) is 22.8 Å². The lowest BCUT2D eigenvalue weighted by Gasteiger charge is -2.30. The smallest absolute Gasteiger partial charge is 0.256 e. The maximum Gasteiger partial charge on any atom is 0.256 e. The minimum absolute atomic E-state index is 0.0499. The molecule has 1 aliphatic rings. The molecule has 5 heteroatoms. The summed E-state index contributed by atoms with van der Waals surface area (Å²) < 4.78 is 13.8. The van der Waals surface area contributed by atoms with E-state index in [0.717, 1.165) is 5.75 Å². The number of hydrogen-bond donors (Lipinski definition) is 1. The first-order valence-corrected chi connectivity index (χ1v) is 7.47. The largest absolute Gasteiger partial charge is 0.384 e. The third kappa shape index (κ3) is 3.53. The number of rotatable bonds is 1. The fraction of sp³-hybridized carbons (Fsp3) is 0.400. The average molecular weight is 293 g/mol. The van der Waals surface area contributed by atoms with Gasteiger partial charge in [-0.3, -0.25) is 4.79 Å².